The molecule has 0 bridgehead atoms. The van der Waals surface area contributed by atoms with Crippen LogP contribution < -0.4 is 4.74 Å². The van der Waals surface area contributed by atoms with Crippen molar-refractivity contribution in [1.82, 2.24) is 0 Å². The highest BCUT2D eigenvalue weighted by molar-refractivity contribution is 7.99. The van der Waals surface area contributed by atoms with Crippen molar-refractivity contribution >= 4 is 23.5 Å². The fraction of sp³-hybridized carbons (Fsp3) is 0.429. The molecule has 1 rings (SSSR count). The second kappa shape index (κ2) is 8.58. The summed E-state index contributed by atoms with van der Waals surface area (Å²) in [6.45, 7) is 2.03. The molecule has 0 saturated heterocycles. The molecule has 0 radical (unpaired) electrons. The first-order valence-electron chi connectivity index (χ1n) is 6.03. The van der Waals surface area contributed by atoms with Crippen LogP contribution in [0.4, 0.5) is 0 Å². The lowest BCUT2D eigenvalue weighted by Gasteiger charge is -2.04. The van der Waals surface area contributed by atoms with Crippen LogP contribution in [0.15, 0.2) is 24.3 Å². The van der Waals surface area contributed by atoms with Gasteiger partial charge in [-0.3, -0.25) is 9.59 Å². The summed E-state index contributed by atoms with van der Waals surface area (Å²) in [5.74, 6) is 1.32. The lowest BCUT2D eigenvalue weighted by molar-refractivity contribution is -0.145. The molecule has 0 amide bonds. The fourth-order valence-electron chi connectivity index (χ4n) is 1.43. The molecule has 19 heavy (non-hydrogen) atoms. The van der Waals surface area contributed by atoms with Crippen LogP contribution in [-0.4, -0.2) is 31.2 Å². The Kier molecular flexibility index (Phi) is 7.03. The quantitative estimate of drug-likeness (QED) is 0.541. The van der Waals surface area contributed by atoms with Gasteiger partial charge in [0.25, 0.3) is 0 Å². The van der Waals surface area contributed by atoms with Gasteiger partial charge in [0.1, 0.15) is 12.2 Å². The molecule has 0 aliphatic carbocycles. The van der Waals surface area contributed by atoms with Crippen molar-refractivity contribution in [1.29, 1.82) is 0 Å². The Balaban J connectivity index is 2.25. The number of ether oxygens (including phenoxy) is 2. The van der Waals surface area contributed by atoms with Gasteiger partial charge in [-0.25, -0.2) is 0 Å². The molecule has 5 heteroatoms. The van der Waals surface area contributed by atoms with Crippen LogP contribution in [0.5, 0.6) is 5.75 Å². The van der Waals surface area contributed by atoms with Crippen molar-refractivity contribution in [3.05, 3.63) is 29.8 Å². The Morgan fingerprint density at radius 2 is 1.89 bits per heavy atom. The lowest BCUT2D eigenvalue weighted by atomic mass is 10.2. The Morgan fingerprint density at radius 3 is 2.47 bits per heavy atom. The number of carbonyl (C=O) groups is 2. The van der Waals surface area contributed by atoms with Gasteiger partial charge in [-0.15, -0.1) is 11.8 Å². The van der Waals surface area contributed by atoms with Crippen molar-refractivity contribution in [2.24, 2.45) is 0 Å². The summed E-state index contributed by atoms with van der Waals surface area (Å²) in [5.41, 5.74) is 1.12. The zero-order valence-electron chi connectivity index (χ0n) is 11.2. The van der Waals surface area contributed by atoms with Gasteiger partial charge in [-0.2, -0.15) is 0 Å². The van der Waals surface area contributed by atoms with Gasteiger partial charge in [0.05, 0.1) is 19.5 Å². The van der Waals surface area contributed by atoms with E-state index < -0.39 is 5.97 Å². The summed E-state index contributed by atoms with van der Waals surface area (Å²) in [6, 6.07) is 7.69. The molecule has 0 N–H and O–H groups in total. The van der Waals surface area contributed by atoms with Crippen molar-refractivity contribution < 1.29 is 19.1 Å². The molecule has 0 atom stereocenters. The van der Waals surface area contributed by atoms with E-state index in [2.05, 4.69) is 0 Å². The van der Waals surface area contributed by atoms with Crippen LogP contribution >= 0.6 is 11.8 Å². The zero-order valence-corrected chi connectivity index (χ0v) is 12.0. The van der Waals surface area contributed by atoms with Gasteiger partial charge < -0.3 is 9.47 Å². The topological polar surface area (TPSA) is 52.6 Å². The van der Waals surface area contributed by atoms with E-state index in [0.29, 0.717) is 12.4 Å². The Labute approximate surface area is 117 Å². The van der Waals surface area contributed by atoms with Crippen molar-refractivity contribution in [2.75, 3.05) is 19.5 Å². The zero-order chi connectivity index (χ0) is 14.1. The standard InChI is InChI=1S/C14H18O4S/c1-3-18-14(16)8-12(15)10-19-9-11-4-6-13(17-2)7-5-11/h4-7H,3,8-10H2,1-2H3. The summed E-state index contributed by atoms with van der Waals surface area (Å²) in [4.78, 5) is 22.6. The first-order valence-corrected chi connectivity index (χ1v) is 7.19. The minimum absolute atomic E-state index is 0.100. The minimum Gasteiger partial charge on any atom is -0.497 e. The van der Waals surface area contributed by atoms with Gasteiger partial charge in [0, 0.05) is 5.75 Å². The molecule has 0 aliphatic rings. The molecule has 0 saturated carbocycles. The van der Waals surface area contributed by atoms with E-state index in [9.17, 15) is 9.59 Å². The Morgan fingerprint density at radius 1 is 1.21 bits per heavy atom. The number of hydrogen-bond donors (Lipinski definition) is 0. The summed E-state index contributed by atoms with van der Waals surface area (Å²) in [5, 5.41) is 0. The number of rotatable bonds is 8. The van der Waals surface area contributed by atoms with Gasteiger partial charge >= 0.3 is 5.97 Å². The smallest absolute Gasteiger partial charge is 0.313 e. The maximum absolute atomic E-state index is 11.5. The van der Waals surface area contributed by atoms with Crippen LogP contribution in [0.2, 0.25) is 0 Å². The normalized spacial score (nSPS) is 10.0. The number of ketones is 1. The molecule has 0 fully saturated rings. The highest BCUT2D eigenvalue weighted by Crippen LogP contribution is 2.16. The summed E-state index contributed by atoms with van der Waals surface area (Å²) in [6.07, 6.45) is -0.135. The number of methoxy groups -OCH3 is 1. The van der Waals surface area contributed by atoms with Crippen LogP contribution in [0.1, 0.15) is 18.9 Å². The monoisotopic (exact) mass is 282 g/mol. The summed E-state index contributed by atoms with van der Waals surface area (Å²) < 4.78 is 9.79. The van der Waals surface area contributed by atoms with Crippen molar-refractivity contribution in [3.8, 4) is 5.75 Å². The lowest BCUT2D eigenvalue weighted by Crippen LogP contribution is -2.12. The Hall–Kier alpha value is -1.49. The van der Waals surface area contributed by atoms with Gasteiger partial charge in [-0.05, 0) is 24.6 Å². The molecule has 0 spiro atoms. The number of thioether (sulfide) groups is 1. The number of Topliss-reactive ketones (excluding diaryl/α,β-unsaturated/α-hetero) is 1. The highest BCUT2D eigenvalue weighted by atomic mass is 32.2. The van der Waals surface area contributed by atoms with E-state index in [1.54, 1.807) is 14.0 Å². The first kappa shape index (κ1) is 15.6. The van der Waals surface area contributed by atoms with Crippen LogP contribution in [0.3, 0.4) is 0 Å². The summed E-state index contributed by atoms with van der Waals surface area (Å²) >= 11 is 1.49. The van der Waals surface area contributed by atoms with Crippen molar-refractivity contribution in [3.63, 3.8) is 0 Å². The van der Waals surface area contributed by atoms with E-state index in [1.165, 1.54) is 11.8 Å². The second-order valence-corrected chi connectivity index (χ2v) is 4.85. The molecular weight excluding hydrogens is 264 g/mol. The predicted molar refractivity (Wildman–Crippen MR) is 75.4 cm³/mol. The maximum Gasteiger partial charge on any atom is 0.313 e. The Bertz CT molecular complexity index is 414. The molecule has 0 aromatic heterocycles. The molecule has 1 aromatic carbocycles. The van der Waals surface area contributed by atoms with E-state index in [0.717, 1.165) is 17.1 Å². The third kappa shape index (κ3) is 6.29. The average molecular weight is 282 g/mol. The first-order chi connectivity index (χ1) is 9.15. The third-order valence-corrected chi connectivity index (χ3v) is 3.40. The maximum atomic E-state index is 11.5. The predicted octanol–water partition coefficient (Wildman–Crippen LogP) is 2.45. The number of benzene rings is 1. The molecule has 0 heterocycles. The molecule has 0 aliphatic heterocycles. The molecule has 1 aromatic rings. The van der Waals surface area contributed by atoms with Crippen molar-refractivity contribution in [2.45, 2.75) is 19.1 Å². The second-order valence-electron chi connectivity index (χ2n) is 3.86. The van der Waals surface area contributed by atoms with E-state index in [4.69, 9.17) is 9.47 Å². The molecule has 0 unspecified atom stereocenters. The van der Waals surface area contributed by atoms with E-state index >= 15 is 0 Å². The molecule has 4 nitrogen and oxygen atoms in total. The van der Waals surface area contributed by atoms with E-state index in [1.807, 2.05) is 24.3 Å². The van der Waals surface area contributed by atoms with Gasteiger partial charge in [0.15, 0.2) is 5.78 Å². The number of hydrogen-bond acceptors (Lipinski definition) is 5. The third-order valence-electron chi connectivity index (χ3n) is 2.34. The average Bonchev–Trinajstić information content (AvgIpc) is 2.39. The number of esters is 1. The largest absolute Gasteiger partial charge is 0.497 e. The molecule has 104 valence electrons. The highest BCUT2D eigenvalue weighted by Gasteiger charge is 2.10. The number of carbonyl (C=O) groups excluding carboxylic acids is 2. The van der Waals surface area contributed by atoms with Crippen LogP contribution in [0.25, 0.3) is 0 Å². The summed E-state index contributed by atoms with van der Waals surface area (Å²) in [7, 11) is 1.62. The SMILES string of the molecule is CCOC(=O)CC(=O)CSCc1ccc(OC)cc1. The van der Waals surface area contributed by atoms with Gasteiger partial charge in [-0.1, -0.05) is 12.1 Å². The van der Waals surface area contributed by atoms with Crippen LogP contribution in [-0.2, 0) is 20.1 Å². The fourth-order valence-corrected chi connectivity index (χ4v) is 2.29. The minimum atomic E-state index is -0.447. The molecular formula is C14H18O4S. The van der Waals surface area contributed by atoms with Crippen LogP contribution in [0, 0.1) is 0 Å². The van der Waals surface area contributed by atoms with Gasteiger partial charge in [0.2, 0.25) is 0 Å². The van der Waals surface area contributed by atoms with E-state index in [-0.39, 0.29) is 12.2 Å².